The molecule has 0 aliphatic carbocycles. The van der Waals surface area contributed by atoms with Gasteiger partial charge in [0, 0.05) is 10.6 Å². The topological polar surface area (TPSA) is 51.0 Å². The van der Waals surface area contributed by atoms with Crippen LogP contribution >= 0.6 is 11.6 Å². The van der Waals surface area contributed by atoms with Gasteiger partial charge in [-0.15, -0.1) is 0 Å². The Morgan fingerprint density at radius 2 is 1.90 bits per heavy atom. The highest BCUT2D eigenvalue weighted by atomic mass is 35.5. The van der Waals surface area contributed by atoms with Gasteiger partial charge in [0.25, 0.3) is 0 Å². The molecule has 0 aliphatic rings. The molecule has 0 radical (unpaired) electrons. The molecule has 0 fully saturated rings. The fourth-order valence-electron chi connectivity index (χ4n) is 1.69. The van der Waals surface area contributed by atoms with Crippen molar-refractivity contribution in [3.05, 3.63) is 58.6 Å². The monoisotopic (exact) mass is 291 g/mol. The van der Waals surface area contributed by atoms with Crippen molar-refractivity contribution in [2.75, 3.05) is 7.11 Å². The summed E-state index contributed by atoms with van der Waals surface area (Å²) in [6.45, 7) is 0.418. The zero-order valence-corrected chi connectivity index (χ0v) is 11.7. The van der Waals surface area contributed by atoms with Crippen molar-refractivity contribution in [1.82, 2.24) is 0 Å². The van der Waals surface area contributed by atoms with Gasteiger partial charge >= 0.3 is 0 Å². The maximum Gasteiger partial charge on any atom is 0.161 e. The Kier molecular flexibility index (Phi) is 4.85. The van der Waals surface area contributed by atoms with Gasteiger partial charge in [0.05, 0.1) is 13.3 Å². The molecule has 5 heteroatoms. The standard InChI is InChI=1S/C15H14ClNO3/c1-19-15-8-12(9-17-18)4-7-14(15)20-10-11-2-5-13(16)6-3-11/h2-9,18H,10H2,1H3. The zero-order valence-electron chi connectivity index (χ0n) is 10.9. The maximum atomic E-state index is 8.51. The summed E-state index contributed by atoms with van der Waals surface area (Å²) < 4.78 is 11.0. The van der Waals surface area contributed by atoms with Crippen LogP contribution in [0.3, 0.4) is 0 Å². The van der Waals surface area contributed by atoms with Crippen molar-refractivity contribution >= 4 is 17.8 Å². The van der Waals surface area contributed by atoms with Crippen molar-refractivity contribution in [3.8, 4) is 11.5 Å². The number of methoxy groups -OCH3 is 1. The first-order valence-corrected chi connectivity index (χ1v) is 6.33. The minimum absolute atomic E-state index is 0.418. The zero-order chi connectivity index (χ0) is 14.4. The molecule has 2 aromatic carbocycles. The van der Waals surface area contributed by atoms with E-state index in [-0.39, 0.29) is 0 Å². The normalized spacial score (nSPS) is 10.7. The van der Waals surface area contributed by atoms with E-state index in [2.05, 4.69) is 5.16 Å². The predicted molar refractivity (Wildman–Crippen MR) is 78.2 cm³/mol. The second-order valence-electron chi connectivity index (χ2n) is 4.07. The van der Waals surface area contributed by atoms with E-state index in [4.69, 9.17) is 26.3 Å². The van der Waals surface area contributed by atoms with Gasteiger partial charge in [-0.2, -0.15) is 0 Å². The van der Waals surface area contributed by atoms with Crippen LogP contribution in [-0.4, -0.2) is 18.5 Å². The number of halogens is 1. The van der Waals surface area contributed by atoms with E-state index in [1.165, 1.54) is 6.21 Å². The molecule has 20 heavy (non-hydrogen) atoms. The van der Waals surface area contributed by atoms with Gasteiger partial charge in [0.1, 0.15) is 6.61 Å². The molecule has 104 valence electrons. The molecule has 0 bridgehead atoms. The number of oxime groups is 1. The third-order valence-electron chi connectivity index (χ3n) is 2.70. The van der Waals surface area contributed by atoms with Crippen LogP contribution in [0, 0.1) is 0 Å². The SMILES string of the molecule is COc1cc(C=NO)ccc1OCc1ccc(Cl)cc1. The predicted octanol–water partition coefficient (Wildman–Crippen LogP) is 3.74. The molecule has 0 saturated carbocycles. The van der Waals surface area contributed by atoms with Gasteiger partial charge in [-0.25, -0.2) is 0 Å². The maximum absolute atomic E-state index is 8.51. The minimum atomic E-state index is 0.418. The smallest absolute Gasteiger partial charge is 0.161 e. The van der Waals surface area contributed by atoms with Crippen LogP contribution < -0.4 is 9.47 Å². The van der Waals surface area contributed by atoms with Gasteiger partial charge in [-0.3, -0.25) is 0 Å². The van der Waals surface area contributed by atoms with Crippen LogP contribution in [-0.2, 0) is 6.61 Å². The van der Waals surface area contributed by atoms with E-state index in [9.17, 15) is 0 Å². The summed E-state index contributed by atoms with van der Waals surface area (Å²) in [4.78, 5) is 0. The highest BCUT2D eigenvalue weighted by molar-refractivity contribution is 6.30. The number of nitrogens with zero attached hydrogens (tertiary/aromatic N) is 1. The summed E-state index contributed by atoms with van der Waals surface area (Å²) in [5.41, 5.74) is 1.74. The van der Waals surface area contributed by atoms with Gasteiger partial charge < -0.3 is 14.7 Å². The Labute approximate surface area is 122 Å². The molecule has 0 amide bonds. The first kappa shape index (κ1) is 14.2. The molecule has 0 spiro atoms. The van der Waals surface area contributed by atoms with Crippen LogP contribution in [0.4, 0.5) is 0 Å². The van der Waals surface area contributed by atoms with Crippen molar-refractivity contribution in [2.24, 2.45) is 5.16 Å². The summed E-state index contributed by atoms with van der Waals surface area (Å²) in [6, 6.07) is 12.7. The van der Waals surface area contributed by atoms with Crippen molar-refractivity contribution in [2.45, 2.75) is 6.61 Å². The lowest BCUT2D eigenvalue weighted by molar-refractivity contribution is 0.284. The van der Waals surface area contributed by atoms with E-state index in [0.29, 0.717) is 23.1 Å². The molecule has 0 aliphatic heterocycles. The molecule has 0 saturated heterocycles. The Bertz CT molecular complexity index is 597. The fourth-order valence-corrected chi connectivity index (χ4v) is 1.82. The number of ether oxygens (including phenoxy) is 2. The fraction of sp³-hybridized carbons (Fsp3) is 0.133. The molecule has 0 heterocycles. The van der Waals surface area contributed by atoms with Gasteiger partial charge in [0.15, 0.2) is 11.5 Å². The minimum Gasteiger partial charge on any atom is -0.493 e. The second kappa shape index (κ2) is 6.82. The van der Waals surface area contributed by atoms with Crippen LogP contribution in [0.1, 0.15) is 11.1 Å². The molecular formula is C15H14ClNO3. The summed E-state index contributed by atoms with van der Waals surface area (Å²) in [7, 11) is 1.56. The highest BCUT2D eigenvalue weighted by Crippen LogP contribution is 2.28. The van der Waals surface area contributed by atoms with Gasteiger partial charge in [-0.1, -0.05) is 28.9 Å². The second-order valence-corrected chi connectivity index (χ2v) is 4.51. The first-order chi connectivity index (χ1) is 9.72. The Hall–Kier alpha value is -2.20. The molecule has 0 unspecified atom stereocenters. The molecule has 0 aromatic heterocycles. The molecule has 2 rings (SSSR count). The molecule has 1 N–H and O–H groups in total. The lowest BCUT2D eigenvalue weighted by Crippen LogP contribution is -1.98. The number of hydrogen-bond acceptors (Lipinski definition) is 4. The van der Waals surface area contributed by atoms with E-state index in [0.717, 1.165) is 11.1 Å². The van der Waals surface area contributed by atoms with Crippen LogP contribution in [0.5, 0.6) is 11.5 Å². The molecule has 0 atom stereocenters. The third kappa shape index (κ3) is 3.65. The van der Waals surface area contributed by atoms with E-state index < -0.39 is 0 Å². The summed E-state index contributed by atoms with van der Waals surface area (Å²) in [5, 5.41) is 12.2. The Morgan fingerprint density at radius 3 is 2.55 bits per heavy atom. The largest absolute Gasteiger partial charge is 0.493 e. The van der Waals surface area contributed by atoms with Gasteiger partial charge in [0.2, 0.25) is 0 Å². The van der Waals surface area contributed by atoms with Crippen molar-refractivity contribution in [3.63, 3.8) is 0 Å². The average Bonchev–Trinajstić information content (AvgIpc) is 2.47. The summed E-state index contributed by atoms with van der Waals surface area (Å²) in [6.07, 6.45) is 1.32. The van der Waals surface area contributed by atoms with Crippen molar-refractivity contribution < 1.29 is 14.7 Å². The molecule has 2 aromatic rings. The lowest BCUT2D eigenvalue weighted by Gasteiger charge is -2.11. The molecular weight excluding hydrogens is 278 g/mol. The number of hydrogen-bond donors (Lipinski definition) is 1. The van der Waals surface area contributed by atoms with Crippen LogP contribution in [0.15, 0.2) is 47.6 Å². The quantitative estimate of drug-likeness (QED) is 0.519. The van der Waals surface area contributed by atoms with E-state index in [1.807, 2.05) is 24.3 Å². The van der Waals surface area contributed by atoms with E-state index >= 15 is 0 Å². The Balaban J connectivity index is 2.10. The Morgan fingerprint density at radius 1 is 1.15 bits per heavy atom. The number of benzene rings is 2. The molecule has 4 nitrogen and oxygen atoms in total. The number of rotatable bonds is 5. The third-order valence-corrected chi connectivity index (χ3v) is 2.95. The highest BCUT2D eigenvalue weighted by Gasteiger charge is 2.05. The van der Waals surface area contributed by atoms with Gasteiger partial charge in [-0.05, 0) is 35.9 Å². The average molecular weight is 292 g/mol. The first-order valence-electron chi connectivity index (χ1n) is 5.95. The van der Waals surface area contributed by atoms with E-state index in [1.54, 1.807) is 25.3 Å². The lowest BCUT2D eigenvalue weighted by atomic mass is 10.2. The van der Waals surface area contributed by atoms with Crippen LogP contribution in [0.25, 0.3) is 0 Å². The summed E-state index contributed by atoms with van der Waals surface area (Å²) in [5.74, 6) is 1.20. The summed E-state index contributed by atoms with van der Waals surface area (Å²) >= 11 is 5.83. The van der Waals surface area contributed by atoms with Crippen molar-refractivity contribution in [1.29, 1.82) is 0 Å². The van der Waals surface area contributed by atoms with Crippen LogP contribution in [0.2, 0.25) is 5.02 Å².